The molecule has 0 bridgehead atoms. The molecule has 6 heteroatoms. The van der Waals surface area contributed by atoms with E-state index in [0.29, 0.717) is 15.7 Å². The van der Waals surface area contributed by atoms with E-state index in [0.717, 1.165) is 5.56 Å². The molecule has 0 atom stereocenters. The lowest BCUT2D eigenvalue weighted by atomic mass is 10.2. The van der Waals surface area contributed by atoms with Gasteiger partial charge in [-0.25, -0.2) is 0 Å². The van der Waals surface area contributed by atoms with E-state index in [1.807, 2.05) is 0 Å². The maximum atomic E-state index is 6.06. The van der Waals surface area contributed by atoms with Crippen LogP contribution in [0.2, 0.25) is 10.0 Å². The minimum atomic E-state index is 0.544. The molecular weight excluding hydrogens is 521 g/mol. The van der Waals surface area contributed by atoms with E-state index < -0.39 is 0 Å². The molecule has 0 aliphatic rings. The van der Waals surface area contributed by atoms with Gasteiger partial charge >= 0.3 is 0 Å². The molecule has 0 amide bonds. The normalized spacial score (nSPS) is 11.1. The van der Waals surface area contributed by atoms with Gasteiger partial charge in [0.25, 0.3) is 0 Å². The van der Waals surface area contributed by atoms with Crippen molar-refractivity contribution < 1.29 is 0 Å². The van der Waals surface area contributed by atoms with E-state index >= 15 is 0 Å². The van der Waals surface area contributed by atoms with Crippen LogP contribution in [0.1, 0.15) is 11.1 Å². The first-order valence-electron chi connectivity index (χ1n) is 5.68. The molecule has 0 aliphatic heterocycles. The number of hydrogen-bond donors (Lipinski definition) is 1. The van der Waals surface area contributed by atoms with Gasteiger partial charge in [0.15, 0.2) is 0 Å². The molecule has 2 nitrogen and oxygen atoms in total. The predicted molar refractivity (Wildman–Crippen MR) is 104 cm³/mol. The summed E-state index contributed by atoms with van der Waals surface area (Å²) in [5, 5.41) is 5.28. The maximum absolute atomic E-state index is 6.06. The molecule has 0 heterocycles. The molecule has 20 heavy (non-hydrogen) atoms. The largest absolute Gasteiger partial charge is 0.275 e. The minimum Gasteiger partial charge on any atom is -0.275 e. The fourth-order valence-corrected chi connectivity index (χ4v) is 3.81. The maximum Gasteiger partial charge on any atom is 0.0934 e. The SMILES string of the molecule is Cc1c(I)cc(/C=N/Nc2c(Cl)cccc2Cl)cc1I. The van der Waals surface area contributed by atoms with Gasteiger partial charge in [-0.1, -0.05) is 29.3 Å². The first kappa shape index (κ1) is 16.3. The number of rotatable bonds is 3. The first-order valence-corrected chi connectivity index (χ1v) is 8.59. The van der Waals surface area contributed by atoms with Crippen molar-refractivity contribution in [2.24, 2.45) is 5.10 Å². The van der Waals surface area contributed by atoms with E-state index in [9.17, 15) is 0 Å². The summed E-state index contributed by atoms with van der Waals surface area (Å²) in [5.41, 5.74) is 5.81. The van der Waals surface area contributed by atoms with Crippen molar-refractivity contribution in [3.05, 3.63) is 58.6 Å². The molecule has 0 fully saturated rings. The Balaban J connectivity index is 2.19. The molecular formula is C14H10Cl2I2N2. The van der Waals surface area contributed by atoms with Crippen molar-refractivity contribution in [2.75, 3.05) is 5.43 Å². The third kappa shape index (κ3) is 3.99. The molecule has 0 saturated heterocycles. The average Bonchev–Trinajstić information content (AvgIpc) is 2.39. The summed E-state index contributed by atoms with van der Waals surface area (Å²) in [4.78, 5) is 0. The Hall–Kier alpha value is -0.0500. The summed E-state index contributed by atoms with van der Waals surface area (Å²) in [6.07, 6.45) is 1.75. The molecule has 0 spiro atoms. The van der Waals surface area contributed by atoms with Crippen LogP contribution in [0, 0.1) is 14.1 Å². The zero-order valence-electron chi connectivity index (χ0n) is 10.4. The van der Waals surface area contributed by atoms with Gasteiger partial charge in [0.1, 0.15) is 0 Å². The number of benzene rings is 2. The predicted octanol–water partition coefficient (Wildman–Crippen LogP) is 5.96. The Bertz CT molecular complexity index is 629. The molecule has 2 rings (SSSR count). The van der Waals surface area contributed by atoms with Gasteiger partial charge in [-0.2, -0.15) is 5.10 Å². The van der Waals surface area contributed by atoms with Crippen molar-refractivity contribution in [2.45, 2.75) is 6.92 Å². The third-order valence-corrected chi connectivity index (χ3v) is 5.53. The molecule has 104 valence electrons. The fourth-order valence-electron chi connectivity index (χ4n) is 1.52. The van der Waals surface area contributed by atoms with Gasteiger partial charge in [-0.15, -0.1) is 0 Å². The number of hydrazone groups is 1. The van der Waals surface area contributed by atoms with E-state index in [1.54, 1.807) is 24.4 Å². The molecule has 0 saturated carbocycles. The summed E-state index contributed by atoms with van der Waals surface area (Å²) < 4.78 is 2.43. The molecule has 2 aromatic rings. The number of anilines is 1. The third-order valence-electron chi connectivity index (χ3n) is 2.66. The van der Waals surface area contributed by atoms with Crippen molar-refractivity contribution in [3.8, 4) is 0 Å². The summed E-state index contributed by atoms with van der Waals surface area (Å²) in [7, 11) is 0. The Morgan fingerprint density at radius 3 is 2.20 bits per heavy atom. The van der Waals surface area contributed by atoms with Gasteiger partial charge < -0.3 is 0 Å². The second kappa shape index (κ2) is 7.29. The number of para-hydroxylation sites is 1. The van der Waals surface area contributed by atoms with Crippen molar-refractivity contribution >= 4 is 80.3 Å². The second-order valence-electron chi connectivity index (χ2n) is 4.08. The summed E-state index contributed by atoms with van der Waals surface area (Å²) in [5.74, 6) is 0. The highest BCUT2D eigenvalue weighted by atomic mass is 127. The fraction of sp³-hybridized carbons (Fsp3) is 0.0714. The van der Waals surface area contributed by atoms with Crippen molar-refractivity contribution in [3.63, 3.8) is 0 Å². The lowest BCUT2D eigenvalue weighted by Gasteiger charge is -2.06. The summed E-state index contributed by atoms with van der Waals surface area (Å²) in [6, 6.07) is 9.49. The van der Waals surface area contributed by atoms with Gasteiger partial charge in [0, 0.05) is 7.14 Å². The Kier molecular flexibility index (Phi) is 5.95. The van der Waals surface area contributed by atoms with E-state index in [1.165, 1.54) is 12.7 Å². The van der Waals surface area contributed by atoms with Crippen molar-refractivity contribution in [1.82, 2.24) is 0 Å². The summed E-state index contributed by atoms with van der Waals surface area (Å²) in [6.45, 7) is 2.10. The average molecular weight is 531 g/mol. The summed E-state index contributed by atoms with van der Waals surface area (Å²) >= 11 is 16.8. The van der Waals surface area contributed by atoms with Crippen LogP contribution < -0.4 is 5.43 Å². The van der Waals surface area contributed by atoms with Gasteiger partial charge in [0.2, 0.25) is 0 Å². The number of nitrogens with one attached hydrogen (secondary N) is 1. The lowest BCUT2D eigenvalue weighted by Crippen LogP contribution is -1.95. The van der Waals surface area contributed by atoms with Crippen LogP contribution in [0.5, 0.6) is 0 Å². The lowest BCUT2D eigenvalue weighted by molar-refractivity contribution is 1.34. The zero-order chi connectivity index (χ0) is 14.7. The van der Waals surface area contributed by atoms with E-state index in [4.69, 9.17) is 23.2 Å². The molecule has 0 aliphatic carbocycles. The van der Waals surface area contributed by atoms with Crippen LogP contribution >= 0.6 is 68.4 Å². The highest BCUT2D eigenvalue weighted by molar-refractivity contribution is 14.1. The van der Waals surface area contributed by atoms with E-state index in [2.05, 4.69) is 74.8 Å². The first-order chi connectivity index (χ1) is 9.49. The van der Waals surface area contributed by atoms with Gasteiger partial charge in [-0.3, -0.25) is 5.43 Å². The van der Waals surface area contributed by atoms with Gasteiger partial charge in [0.05, 0.1) is 21.9 Å². The van der Waals surface area contributed by atoms with Crippen LogP contribution in [0.15, 0.2) is 35.4 Å². The highest BCUT2D eigenvalue weighted by Crippen LogP contribution is 2.29. The highest BCUT2D eigenvalue weighted by Gasteiger charge is 2.04. The Morgan fingerprint density at radius 1 is 1.10 bits per heavy atom. The molecule has 0 unspecified atom stereocenters. The van der Waals surface area contributed by atoms with Crippen LogP contribution in [0.25, 0.3) is 0 Å². The van der Waals surface area contributed by atoms with Crippen LogP contribution in [-0.2, 0) is 0 Å². The molecule has 0 radical (unpaired) electrons. The van der Waals surface area contributed by atoms with Crippen LogP contribution in [0.3, 0.4) is 0 Å². The Morgan fingerprint density at radius 2 is 1.65 bits per heavy atom. The number of nitrogens with zero attached hydrogens (tertiary/aromatic N) is 1. The second-order valence-corrected chi connectivity index (χ2v) is 7.21. The molecule has 0 aromatic heterocycles. The Labute approximate surface area is 155 Å². The standard InChI is InChI=1S/C14H10Cl2I2N2/c1-8-12(17)5-9(6-13(8)18)7-19-20-14-10(15)3-2-4-11(14)16/h2-7,20H,1H3/b19-7+. The topological polar surface area (TPSA) is 24.4 Å². The smallest absolute Gasteiger partial charge is 0.0934 e. The number of hydrogen-bond acceptors (Lipinski definition) is 2. The van der Waals surface area contributed by atoms with Gasteiger partial charge in [-0.05, 0) is 87.5 Å². The van der Waals surface area contributed by atoms with Crippen LogP contribution in [-0.4, -0.2) is 6.21 Å². The monoisotopic (exact) mass is 530 g/mol. The molecule has 2 aromatic carbocycles. The minimum absolute atomic E-state index is 0.544. The van der Waals surface area contributed by atoms with Crippen LogP contribution in [0.4, 0.5) is 5.69 Å². The zero-order valence-corrected chi connectivity index (χ0v) is 16.3. The quantitative estimate of drug-likeness (QED) is 0.296. The van der Waals surface area contributed by atoms with Crippen molar-refractivity contribution in [1.29, 1.82) is 0 Å². The number of halogens is 4. The van der Waals surface area contributed by atoms with E-state index in [-0.39, 0.29) is 0 Å². The molecule has 1 N–H and O–H groups in total.